The van der Waals surface area contributed by atoms with Crippen molar-refractivity contribution in [3.8, 4) is 47.4 Å². The van der Waals surface area contributed by atoms with Crippen molar-refractivity contribution in [2.45, 2.75) is 142 Å². The molecule has 0 atom stereocenters. The third-order valence-electron chi connectivity index (χ3n) is 11.9. The minimum atomic E-state index is -0.417. The van der Waals surface area contributed by atoms with Gasteiger partial charge in [-0.3, -0.25) is 10.1 Å². The molecule has 0 aromatic heterocycles. The molecular weight excluding hydrogens is 805 g/mol. The lowest BCUT2D eigenvalue weighted by Crippen LogP contribution is -2.25. The van der Waals surface area contributed by atoms with Crippen molar-refractivity contribution in [3.05, 3.63) is 176 Å². The number of rotatable bonds is 24. The number of non-ortho nitro benzene ring substituents is 1. The zero-order chi connectivity index (χ0) is 46.3. The number of nitro benzene ring substituents is 1. The molecule has 66 heavy (non-hydrogen) atoms. The highest BCUT2D eigenvalue weighted by Crippen LogP contribution is 2.20. The van der Waals surface area contributed by atoms with Crippen LogP contribution in [0.1, 0.15) is 187 Å². The Kier molecular flexibility index (Phi) is 23.5. The highest BCUT2D eigenvalue weighted by molar-refractivity contribution is 5.54. The summed E-state index contributed by atoms with van der Waals surface area (Å²) in [6.45, 7) is 6.87. The van der Waals surface area contributed by atoms with Crippen molar-refractivity contribution in [3.63, 3.8) is 0 Å². The van der Waals surface area contributed by atoms with Crippen molar-refractivity contribution in [2.75, 3.05) is 18.0 Å². The Balaban J connectivity index is 1.08. The Bertz CT molecular complexity index is 2400. The lowest BCUT2D eigenvalue weighted by atomic mass is 10.1. The average molecular weight is 875 g/mol. The first-order valence-corrected chi connectivity index (χ1v) is 25.0. The van der Waals surface area contributed by atoms with E-state index in [2.05, 4.69) is 90.4 Å². The molecule has 5 rings (SSSR count). The van der Waals surface area contributed by atoms with E-state index < -0.39 is 4.92 Å². The monoisotopic (exact) mass is 875 g/mol. The van der Waals surface area contributed by atoms with E-state index >= 15 is 0 Å². The first-order chi connectivity index (χ1) is 32.5. The molecule has 0 aliphatic heterocycles. The summed E-state index contributed by atoms with van der Waals surface area (Å²) in [7, 11) is 0. The van der Waals surface area contributed by atoms with E-state index in [1.807, 2.05) is 72.8 Å². The predicted octanol–water partition coefficient (Wildman–Crippen LogP) is 15.8. The van der Waals surface area contributed by atoms with Gasteiger partial charge in [-0.1, -0.05) is 177 Å². The fourth-order valence-electron chi connectivity index (χ4n) is 7.86. The second kappa shape index (κ2) is 30.6. The van der Waals surface area contributed by atoms with Crippen LogP contribution in [0, 0.1) is 57.5 Å². The Morgan fingerprint density at radius 3 is 0.788 bits per heavy atom. The summed E-state index contributed by atoms with van der Waals surface area (Å²) in [5.74, 6) is 25.9. The van der Waals surface area contributed by atoms with Crippen molar-refractivity contribution >= 4 is 11.4 Å². The van der Waals surface area contributed by atoms with Gasteiger partial charge in [0.05, 0.1) is 4.92 Å². The summed E-state index contributed by atoms with van der Waals surface area (Å²) in [4.78, 5) is 13.1. The Morgan fingerprint density at radius 2 is 0.545 bits per heavy atom. The molecule has 0 amide bonds. The zero-order valence-corrected chi connectivity index (χ0v) is 39.8. The minimum Gasteiger partial charge on any atom is -0.372 e. The molecule has 0 heterocycles. The van der Waals surface area contributed by atoms with Gasteiger partial charge in [0.2, 0.25) is 0 Å². The Labute approximate surface area is 398 Å². The molecule has 0 fully saturated rings. The summed E-state index contributed by atoms with van der Waals surface area (Å²) < 4.78 is 0. The van der Waals surface area contributed by atoms with Gasteiger partial charge in [0.1, 0.15) is 0 Å². The number of hydrogen-bond donors (Lipinski definition) is 0. The van der Waals surface area contributed by atoms with Crippen molar-refractivity contribution in [2.24, 2.45) is 0 Å². The molecule has 340 valence electrons. The molecule has 0 bridgehead atoms. The summed E-state index contributed by atoms with van der Waals surface area (Å²) >= 11 is 0. The highest BCUT2D eigenvalue weighted by atomic mass is 16.6. The first-order valence-electron chi connectivity index (χ1n) is 25.0. The van der Waals surface area contributed by atoms with Crippen molar-refractivity contribution < 1.29 is 4.92 Å². The molecular formula is C62H70N2O2. The Morgan fingerprint density at radius 1 is 0.333 bits per heavy atom. The number of nitro groups is 1. The highest BCUT2D eigenvalue weighted by Gasteiger charge is 2.07. The quantitative estimate of drug-likeness (QED) is 0.0269. The predicted molar refractivity (Wildman–Crippen MR) is 279 cm³/mol. The fourth-order valence-corrected chi connectivity index (χ4v) is 7.86. The molecule has 0 saturated carbocycles. The normalized spacial score (nSPS) is 10.3. The van der Waals surface area contributed by atoms with Crippen molar-refractivity contribution in [1.82, 2.24) is 0 Å². The van der Waals surface area contributed by atoms with E-state index in [1.54, 1.807) is 12.1 Å². The molecule has 0 spiro atoms. The molecule has 0 radical (unpaired) electrons. The second-order valence-electron chi connectivity index (χ2n) is 17.4. The first kappa shape index (κ1) is 50.5. The van der Waals surface area contributed by atoms with Gasteiger partial charge < -0.3 is 4.90 Å². The summed E-state index contributed by atoms with van der Waals surface area (Å²) in [5.41, 5.74) is 8.62. The second-order valence-corrected chi connectivity index (χ2v) is 17.4. The molecule has 0 aliphatic carbocycles. The van der Waals surface area contributed by atoms with E-state index in [0.29, 0.717) is 0 Å². The maximum absolute atomic E-state index is 10.9. The van der Waals surface area contributed by atoms with Crippen LogP contribution in [0.25, 0.3) is 0 Å². The van der Waals surface area contributed by atoms with Crippen LogP contribution in [0.5, 0.6) is 0 Å². The molecule has 0 saturated heterocycles. The van der Waals surface area contributed by atoms with Crippen LogP contribution in [-0.4, -0.2) is 18.0 Å². The van der Waals surface area contributed by atoms with Crippen LogP contribution in [0.4, 0.5) is 11.4 Å². The summed E-state index contributed by atoms with van der Waals surface area (Å²) in [6, 6.07) is 39.0. The van der Waals surface area contributed by atoms with E-state index in [0.717, 1.165) is 57.6 Å². The van der Waals surface area contributed by atoms with Crippen LogP contribution in [0.2, 0.25) is 0 Å². The number of nitrogens with zero attached hydrogens (tertiary/aromatic N) is 2. The van der Waals surface area contributed by atoms with Gasteiger partial charge >= 0.3 is 0 Å². The molecule has 5 aromatic carbocycles. The maximum Gasteiger partial charge on any atom is 0.269 e. The standard InChI is InChI=1S/C62H70N2O2/c1-3-5-7-9-11-13-15-17-19-21-51-63(52-22-20-18-16-14-12-10-8-6-4-2)61-47-43-59(44-48-61)41-39-57-35-31-55(32-36-57)29-27-53-23-25-54(26-24-53)28-30-56-33-37-58(38-34-56)40-42-60-45-49-62(50-46-60)64(65)66/h23-26,31-38,43-50H,3-22,51-52H2,1-2H3. The number of benzene rings is 5. The van der Waals surface area contributed by atoms with Crippen LogP contribution < -0.4 is 4.90 Å². The fraction of sp³-hybridized carbons (Fsp3) is 0.387. The van der Waals surface area contributed by atoms with Gasteiger partial charge in [0, 0.05) is 75.4 Å². The van der Waals surface area contributed by atoms with Crippen LogP contribution in [-0.2, 0) is 0 Å². The molecule has 5 aromatic rings. The van der Waals surface area contributed by atoms with Gasteiger partial charge in [-0.2, -0.15) is 0 Å². The summed E-state index contributed by atoms with van der Waals surface area (Å²) in [6.07, 6.45) is 27.4. The van der Waals surface area contributed by atoms with Gasteiger partial charge in [0.25, 0.3) is 5.69 Å². The lowest BCUT2D eigenvalue weighted by molar-refractivity contribution is -0.384. The largest absolute Gasteiger partial charge is 0.372 e. The van der Waals surface area contributed by atoms with Gasteiger partial charge in [-0.05, 0) is 122 Å². The third kappa shape index (κ3) is 20.2. The Hall–Kier alpha value is -6.46. The van der Waals surface area contributed by atoms with Crippen LogP contribution >= 0.6 is 0 Å². The van der Waals surface area contributed by atoms with E-state index in [1.165, 1.54) is 146 Å². The maximum atomic E-state index is 10.9. The third-order valence-corrected chi connectivity index (χ3v) is 11.9. The molecule has 4 nitrogen and oxygen atoms in total. The molecule has 4 heteroatoms. The van der Waals surface area contributed by atoms with Crippen LogP contribution in [0.3, 0.4) is 0 Å². The number of unbranched alkanes of at least 4 members (excludes halogenated alkanes) is 18. The summed E-state index contributed by atoms with van der Waals surface area (Å²) in [5, 5.41) is 10.9. The topological polar surface area (TPSA) is 46.4 Å². The minimum absolute atomic E-state index is 0.0520. The van der Waals surface area contributed by atoms with E-state index in [9.17, 15) is 10.1 Å². The average Bonchev–Trinajstić information content (AvgIpc) is 3.35. The SMILES string of the molecule is CCCCCCCCCCCCN(CCCCCCCCCCCC)c1ccc(C#Cc2ccc(C#Cc3ccc(C#Cc4ccc(C#Cc5ccc([N+](=O)[O-])cc5)cc4)cc3)cc2)cc1. The smallest absolute Gasteiger partial charge is 0.269 e. The molecule has 0 N–H and O–H groups in total. The molecule has 0 unspecified atom stereocenters. The van der Waals surface area contributed by atoms with Gasteiger partial charge in [-0.15, -0.1) is 0 Å². The van der Waals surface area contributed by atoms with Gasteiger partial charge in [-0.25, -0.2) is 0 Å². The van der Waals surface area contributed by atoms with Crippen LogP contribution in [0.15, 0.2) is 121 Å². The lowest BCUT2D eigenvalue weighted by Gasteiger charge is -2.25. The van der Waals surface area contributed by atoms with Crippen molar-refractivity contribution in [1.29, 1.82) is 0 Å². The van der Waals surface area contributed by atoms with E-state index in [4.69, 9.17) is 0 Å². The van der Waals surface area contributed by atoms with Gasteiger partial charge in [0.15, 0.2) is 0 Å². The number of anilines is 1. The van der Waals surface area contributed by atoms with E-state index in [-0.39, 0.29) is 5.69 Å². The zero-order valence-electron chi connectivity index (χ0n) is 39.8. The molecule has 0 aliphatic rings. The number of hydrogen-bond acceptors (Lipinski definition) is 3.